The van der Waals surface area contributed by atoms with E-state index in [1.165, 1.54) is 44.9 Å². The molecule has 0 amide bonds. The van der Waals surface area contributed by atoms with Crippen LogP contribution in [0.1, 0.15) is 71.1 Å². The Labute approximate surface area is 150 Å². The Kier molecular flexibility index (Phi) is 12.6. The second kappa shape index (κ2) is 14.3. The van der Waals surface area contributed by atoms with Crippen LogP contribution in [0.5, 0.6) is 5.75 Å². The van der Waals surface area contributed by atoms with Gasteiger partial charge in [0.1, 0.15) is 0 Å². The predicted molar refractivity (Wildman–Crippen MR) is 96.9 cm³/mol. The summed E-state index contributed by atoms with van der Waals surface area (Å²) < 4.78 is 20.3. The summed E-state index contributed by atoms with van der Waals surface area (Å²) in [5.74, 6) is 0.301. The lowest BCUT2D eigenvalue weighted by Gasteiger charge is -2.10. The van der Waals surface area contributed by atoms with Crippen molar-refractivity contribution in [2.24, 2.45) is 0 Å². The van der Waals surface area contributed by atoms with Crippen LogP contribution in [0.15, 0.2) is 30.3 Å². The minimum Gasteiger partial charge on any atom is -0.327 e. The lowest BCUT2D eigenvalue weighted by molar-refractivity contribution is -0.249. The van der Waals surface area contributed by atoms with Crippen LogP contribution < -0.4 is 4.89 Å². The van der Waals surface area contributed by atoms with Crippen LogP contribution in [0.4, 0.5) is 0 Å². The molecule has 7 heteroatoms. The summed E-state index contributed by atoms with van der Waals surface area (Å²) in [5, 5.41) is 0. The van der Waals surface area contributed by atoms with Crippen LogP contribution in [0.2, 0.25) is 0 Å². The molecule has 0 bridgehead atoms. The monoisotopic (exact) mass is 374 g/mol. The molecule has 1 rings (SSSR count). The number of benzene rings is 1. The van der Waals surface area contributed by atoms with Gasteiger partial charge in [-0.1, -0.05) is 87.6 Å². The molecule has 1 atom stereocenters. The summed E-state index contributed by atoms with van der Waals surface area (Å²) in [7, 11) is -4.38. The van der Waals surface area contributed by atoms with E-state index >= 15 is 0 Å². The van der Waals surface area contributed by atoms with Crippen molar-refractivity contribution in [2.45, 2.75) is 71.1 Å². The van der Waals surface area contributed by atoms with E-state index in [4.69, 9.17) is 9.78 Å². The molecule has 0 aliphatic heterocycles. The van der Waals surface area contributed by atoms with E-state index in [1.54, 1.807) is 30.3 Å². The third-order valence-corrected chi connectivity index (χ3v) is 4.26. The lowest BCUT2D eigenvalue weighted by Crippen LogP contribution is -2.01. The molecule has 0 fully saturated rings. The van der Waals surface area contributed by atoms with E-state index in [0.717, 1.165) is 19.3 Å². The van der Waals surface area contributed by atoms with E-state index in [1.807, 2.05) is 0 Å². The number of hydrogen-bond acceptors (Lipinski definition) is 5. The molecule has 0 saturated carbocycles. The van der Waals surface area contributed by atoms with Gasteiger partial charge in [0.25, 0.3) is 0 Å². The van der Waals surface area contributed by atoms with Gasteiger partial charge in [-0.2, -0.15) is 0 Å². The Morgan fingerprint density at radius 1 is 0.840 bits per heavy atom. The molecule has 1 aromatic rings. The minimum atomic E-state index is -4.38. The third-order valence-electron chi connectivity index (χ3n) is 3.70. The average Bonchev–Trinajstić information content (AvgIpc) is 2.62. The standard InChI is InChI=1S/C18H31O6P/c1-2-3-4-5-6-7-8-9-10-14-17-21-23-25(19,20)24-22-18-15-12-11-13-16-18/h11-13,15-16H,2-10,14,17H2,1H3,(H,19,20). The Morgan fingerprint density at radius 3 is 2.00 bits per heavy atom. The largest absolute Gasteiger partial charge is 0.535 e. The molecule has 0 spiro atoms. The fourth-order valence-corrected chi connectivity index (χ4v) is 2.74. The molecular weight excluding hydrogens is 343 g/mol. The summed E-state index contributed by atoms with van der Waals surface area (Å²) in [4.78, 5) is 18.8. The van der Waals surface area contributed by atoms with Gasteiger partial charge in [-0.25, -0.2) is 9.45 Å². The van der Waals surface area contributed by atoms with Crippen LogP contribution in [-0.4, -0.2) is 11.5 Å². The smallest absolute Gasteiger partial charge is 0.327 e. The van der Waals surface area contributed by atoms with Gasteiger partial charge < -0.3 is 4.89 Å². The van der Waals surface area contributed by atoms with Crippen LogP contribution in [0, 0.1) is 0 Å². The van der Waals surface area contributed by atoms with Gasteiger partial charge in [0, 0.05) is 0 Å². The zero-order valence-corrected chi connectivity index (χ0v) is 16.0. The summed E-state index contributed by atoms with van der Waals surface area (Å²) in [6.07, 6.45) is 12.0. The van der Waals surface area contributed by atoms with Gasteiger partial charge in [0.2, 0.25) is 0 Å². The third kappa shape index (κ3) is 13.0. The van der Waals surface area contributed by atoms with E-state index in [2.05, 4.69) is 16.3 Å². The Hall–Kier alpha value is -0.910. The molecule has 0 aliphatic carbocycles. The number of hydrogen-bond donors (Lipinski definition) is 1. The highest BCUT2D eigenvalue weighted by atomic mass is 31.2. The summed E-state index contributed by atoms with van der Waals surface area (Å²) in [5.41, 5.74) is 0. The molecule has 0 radical (unpaired) electrons. The predicted octanol–water partition coefficient (Wildman–Crippen LogP) is 5.97. The van der Waals surface area contributed by atoms with E-state index in [-0.39, 0.29) is 6.61 Å². The van der Waals surface area contributed by atoms with Crippen LogP contribution in [0.3, 0.4) is 0 Å². The van der Waals surface area contributed by atoms with Crippen LogP contribution in [-0.2, 0) is 18.8 Å². The summed E-state index contributed by atoms with van der Waals surface area (Å²) >= 11 is 0. The van der Waals surface area contributed by atoms with Crippen molar-refractivity contribution < 1.29 is 28.6 Å². The number of phosphoric acid groups is 1. The lowest BCUT2D eigenvalue weighted by atomic mass is 10.1. The number of para-hydroxylation sites is 1. The quantitative estimate of drug-likeness (QED) is 0.166. The van der Waals surface area contributed by atoms with Crippen molar-refractivity contribution in [3.63, 3.8) is 0 Å². The first-order chi connectivity index (χ1) is 12.1. The molecule has 0 aliphatic rings. The fourth-order valence-electron chi connectivity index (χ4n) is 2.33. The second-order valence-corrected chi connectivity index (χ2v) is 7.25. The molecule has 1 aromatic carbocycles. The highest BCUT2D eigenvalue weighted by Crippen LogP contribution is 2.43. The van der Waals surface area contributed by atoms with Crippen molar-refractivity contribution in [1.82, 2.24) is 0 Å². The van der Waals surface area contributed by atoms with E-state index in [0.29, 0.717) is 5.75 Å². The first-order valence-electron chi connectivity index (χ1n) is 9.19. The molecule has 144 valence electrons. The van der Waals surface area contributed by atoms with E-state index < -0.39 is 7.82 Å². The number of rotatable bonds is 16. The fraction of sp³-hybridized carbons (Fsp3) is 0.667. The average molecular weight is 374 g/mol. The Morgan fingerprint density at radius 2 is 1.40 bits per heavy atom. The van der Waals surface area contributed by atoms with Crippen LogP contribution >= 0.6 is 7.82 Å². The zero-order valence-electron chi connectivity index (χ0n) is 15.1. The minimum absolute atomic E-state index is 0.246. The van der Waals surface area contributed by atoms with Crippen molar-refractivity contribution in [3.8, 4) is 5.75 Å². The molecule has 1 N–H and O–H groups in total. The highest BCUT2D eigenvalue weighted by molar-refractivity contribution is 7.47. The summed E-state index contributed by atoms with van der Waals surface area (Å²) in [6.45, 7) is 2.47. The maximum absolute atomic E-state index is 11.5. The van der Waals surface area contributed by atoms with Crippen molar-refractivity contribution in [2.75, 3.05) is 6.61 Å². The Bertz CT molecular complexity index is 468. The molecule has 0 aromatic heterocycles. The maximum Gasteiger partial charge on any atom is 0.535 e. The molecular formula is C18H31O6P. The molecule has 6 nitrogen and oxygen atoms in total. The van der Waals surface area contributed by atoms with E-state index in [9.17, 15) is 9.46 Å². The van der Waals surface area contributed by atoms with Crippen molar-refractivity contribution in [1.29, 1.82) is 0 Å². The second-order valence-electron chi connectivity index (χ2n) is 6.02. The normalized spacial score (nSPS) is 13.5. The van der Waals surface area contributed by atoms with Gasteiger partial charge in [-0.15, -0.1) is 4.67 Å². The molecule has 0 saturated heterocycles. The first kappa shape index (κ1) is 22.1. The van der Waals surface area contributed by atoms with Crippen LogP contribution in [0.25, 0.3) is 0 Å². The SMILES string of the molecule is CCCCCCCCCCCCOOP(=O)(O)OOc1ccccc1. The van der Waals surface area contributed by atoms with Crippen molar-refractivity contribution >= 4 is 7.82 Å². The zero-order chi connectivity index (χ0) is 18.2. The topological polar surface area (TPSA) is 74.2 Å². The number of unbranched alkanes of at least 4 members (excludes halogenated alkanes) is 9. The van der Waals surface area contributed by atoms with Gasteiger partial charge in [-0.05, 0) is 18.6 Å². The molecule has 1 unspecified atom stereocenters. The highest BCUT2D eigenvalue weighted by Gasteiger charge is 2.25. The molecule has 25 heavy (non-hydrogen) atoms. The maximum atomic E-state index is 11.5. The van der Waals surface area contributed by atoms with Gasteiger partial charge >= 0.3 is 7.82 Å². The van der Waals surface area contributed by atoms with Crippen molar-refractivity contribution in [3.05, 3.63) is 30.3 Å². The Balaban J connectivity index is 1.92. The van der Waals surface area contributed by atoms with Gasteiger partial charge in [0.15, 0.2) is 5.75 Å². The van der Waals surface area contributed by atoms with Gasteiger partial charge in [-0.3, -0.25) is 4.89 Å². The van der Waals surface area contributed by atoms with Gasteiger partial charge in [0.05, 0.1) is 6.61 Å². The first-order valence-corrected chi connectivity index (χ1v) is 10.7. The summed E-state index contributed by atoms with van der Waals surface area (Å²) in [6, 6.07) is 8.39. The molecule has 0 heterocycles.